The second-order valence-electron chi connectivity index (χ2n) is 1.28. The summed E-state index contributed by atoms with van der Waals surface area (Å²) < 4.78 is 0. The lowest BCUT2D eigenvalue weighted by Crippen LogP contribution is -2.79. The first kappa shape index (κ1) is 3.56. The van der Waals surface area contributed by atoms with E-state index < -0.39 is 0 Å². The van der Waals surface area contributed by atoms with Gasteiger partial charge in [0, 0.05) is 6.92 Å². The highest BCUT2D eigenvalue weighted by Gasteiger charge is 1.92. The lowest BCUT2D eigenvalue weighted by molar-refractivity contribution is -0.458. The number of hydrogen-bond donors (Lipinski definition) is 1. The van der Waals surface area contributed by atoms with Crippen molar-refractivity contribution in [1.29, 1.82) is 0 Å². The Kier molecular flexibility index (Phi) is 0.725. The van der Waals surface area contributed by atoms with Gasteiger partial charge >= 0.3 is 0 Å². The van der Waals surface area contributed by atoms with Crippen LogP contribution in [-0.4, -0.2) is 5.84 Å². The van der Waals surface area contributed by atoms with Crippen molar-refractivity contribution in [2.24, 2.45) is 4.99 Å². The summed E-state index contributed by atoms with van der Waals surface area (Å²) >= 11 is 0. The third-order valence-electron chi connectivity index (χ3n) is 0.702. The zero-order chi connectivity index (χ0) is 4.41. The first-order valence-electron chi connectivity index (χ1n) is 1.94. The topological polar surface area (TPSA) is 29.0 Å². The molecule has 0 spiro atoms. The fraction of sp³-hybridized carbons (Fsp3) is 0.250. The van der Waals surface area contributed by atoms with E-state index in [1.807, 2.05) is 18.4 Å². The predicted molar refractivity (Wildman–Crippen MR) is 24.2 cm³/mol. The molecule has 0 aromatic heterocycles. The lowest BCUT2D eigenvalue weighted by Gasteiger charge is -1.75. The summed E-state index contributed by atoms with van der Waals surface area (Å²) in [5, 5.41) is 1.97. The van der Waals surface area contributed by atoms with Gasteiger partial charge in [0.05, 0.1) is 6.20 Å². The fourth-order valence-electron chi connectivity index (χ4n) is 0.386. The van der Waals surface area contributed by atoms with Crippen LogP contribution in [0.4, 0.5) is 0 Å². The van der Waals surface area contributed by atoms with Gasteiger partial charge in [-0.2, -0.15) is 0 Å². The van der Waals surface area contributed by atoms with Crippen LogP contribution in [0.3, 0.4) is 0 Å². The molecule has 0 aromatic carbocycles. The van der Waals surface area contributed by atoms with Crippen LogP contribution < -0.4 is 5.32 Å². The maximum atomic E-state index is 3.92. The molecule has 1 aliphatic heterocycles. The van der Waals surface area contributed by atoms with Crippen molar-refractivity contribution < 1.29 is 5.32 Å². The molecule has 1 heterocycles. The first-order valence-corrected chi connectivity index (χ1v) is 1.94. The Bertz CT molecular complexity index is 102. The highest BCUT2D eigenvalue weighted by Crippen LogP contribution is 1.72. The largest absolute Gasteiger partial charge is 0.274 e. The molecule has 6 heavy (non-hydrogen) atoms. The van der Waals surface area contributed by atoms with E-state index in [0.29, 0.717) is 0 Å². The number of nitrogens with zero attached hydrogens (tertiary/aromatic N) is 1. The van der Waals surface area contributed by atoms with Crippen molar-refractivity contribution in [1.82, 2.24) is 0 Å². The molecule has 2 N–H and O–H groups in total. The molecule has 32 valence electrons. The van der Waals surface area contributed by atoms with Crippen LogP contribution in [0.25, 0.3) is 0 Å². The Morgan fingerprint density at radius 2 is 2.67 bits per heavy atom. The highest BCUT2D eigenvalue weighted by molar-refractivity contribution is 5.71. The number of quaternary nitrogens is 1. The van der Waals surface area contributed by atoms with Crippen molar-refractivity contribution in [3.63, 3.8) is 0 Å². The summed E-state index contributed by atoms with van der Waals surface area (Å²) in [6, 6.07) is 0. The van der Waals surface area contributed by atoms with Gasteiger partial charge in [0.15, 0.2) is 0 Å². The third kappa shape index (κ3) is 0.466. The monoisotopic (exact) mass is 83.1 g/mol. The molecule has 0 amide bonds. The molecule has 1 rings (SSSR count). The highest BCUT2D eigenvalue weighted by atomic mass is 15.0. The molecule has 0 bridgehead atoms. The van der Waals surface area contributed by atoms with Crippen molar-refractivity contribution in [3.05, 3.63) is 12.4 Å². The molecular formula is C4H7N2+. The van der Waals surface area contributed by atoms with Gasteiger partial charge in [-0.3, -0.25) is 5.32 Å². The van der Waals surface area contributed by atoms with Crippen molar-refractivity contribution in [2.75, 3.05) is 0 Å². The van der Waals surface area contributed by atoms with E-state index in [9.17, 15) is 0 Å². The van der Waals surface area contributed by atoms with Gasteiger partial charge in [-0.25, -0.2) is 4.99 Å². The normalized spacial score (nSPS) is 18.5. The zero-order valence-electron chi connectivity index (χ0n) is 3.68. The summed E-state index contributed by atoms with van der Waals surface area (Å²) in [6.07, 6.45) is 3.71. The van der Waals surface area contributed by atoms with E-state index in [-0.39, 0.29) is 0 Å². The number of amidine groups is 1. The molecule has 0 aliphatic carbocycles. The molecule has 0 fully saturated rings. The van der Waals surface area contributed by atoms with E-state index in [1.54, 1.807) is 6.20 Å². The number of hydrogen-bond acceptors (Lipinski definition) is 1. The molecule has 2 heteroatoms. The van der Waals surface area contributed by atoms with E-state index >= 15 is 0 Å². The van der Waals surface area contributed by atoms with Crippen LogP contribution in [0.2, 0.25) is 0 Å². The van der Waals surface area contributed by atoms with E-state index in [4.69, 9.17) is 0 Å². The summed E-state index contributed by atoms with van der Waals surface area (Å²) in [5.41, 5.74) is 0. The maximum absolute atomic E-state index is 3.92. The summed E-state index contributed by atoms with van der Waals surface area (Å²) in [6.45, 7) is 1.97. The molecule has 0 radical (unpaired) electrons. The number of rotatable bonds is 0. The van der Waals surface area contributed by atoms with Crippen molar-refractivity contribution in [2.45, 2.75) is 6.92 Å². The van der Waals surface area contributed by atoms with Gasteiger partial charge in [0.25, 0.3) is 0 Å². The van der Waals surface area contributed by atoms with Gasteiger partial charge in [-0.05, 0) is 0 Å². The standard InChI is InChI=1S/C4H6N2/c1-4-5-2-3-6-4/h2-3H,1H3,(H,5,6)/p+1. The molecule has 1 aliphatic rings. The zero-order valence-corrected chi connectivity index (χ0v) is 3.68. The van der Waals surface area contributed by atoms with Crippen LogP contribution in [0.15, 0.2) is 17.4 Å². The minimum atomic E-state index is 1.09. The Morgan fingerprint density at radius 1 is 1.83 bits per heavy atom. The Hall–Kier alpha value is -0.630. The summed E-state index contributed by atoms with van der Waals surface area (Å²) in [7, 11) is 0. The average Bonchev–Trinajstić information content (AvgIpc) is 1.86. The van der Waals surface area contributed by atoms with Gasteiger partial charge in [0.1, 0.15) is 6.20 Å². The van der Waals surface area contributed by atoms with Gasteiger partial charge in [0.2, 0.25) is 5.84 Å². The van der Waals surface area contributed by atoms with Crippen LogP contribution in [0.5, 0.6) is 0 Å². The molecule has 0 unspecified atom stereocenters. The second-order valence-corrected chi connectivity index (χ2v) is 1.28. The molecule has 0 saturated heterocycles. The quantitative estimate of drug-likeness (QED) is 0.407. The predicted octanol–water partition coefficient (Wildman–Crippen LogP) is -0.547. The first-order chi connectivity index (χ1) is 2.89. The fourth-order valence-corrected chi connectivity index (χ4v) is 0.386. The number of aliphatic imine (C=N–C) groups is 1. The lowest BCUT2D eigenvalue weighted by atomic mass is 10.7. The van der Waals surface area contributed by atoms with Crippen LogP contribution in [0, 0.1) is 0 Å². The Balaban J connectivity index is 2.61. The third-order valence-corrected chi connectivity index (χ3v) is 0.702. The van der Waals surface area contributed by atoms with E-state index in [1.165, 1.54) is 0 Å². The van der Waals surface area contributed by atoms with E-state index in [2.05, 4.69) is 4.99 Å². The summed E-state index contributed by atoms with van der Waals surface area (Å²) in [4.78, 5) is 3.92. The van der Waals surface area contributed by atoms with Crippen LogP contribution >= 0.6 is 0 Å². The van der Waals surface area contributed by atoms with E-state index in [0.717, 1.165) is 5.84 Å². The Morgan fingerprint density at radius 3 is 2.83 bits per heavy atom. The smallest absolute Gasteiger partial charge is 0.201 e. The molecular weight excluding hydrogens is 76.1 g/mol. The molecule has 0 atom stereocenters. The SMILES string of the molecule is CC1=NC=C[NH2+]1. The maximum Gasteiger partial charge on any atom is 0.201 e. The molecule has 0 aromatic rings. The molecule has 2 nitrogen and oxygen atoms in total. The van der Waals surface area contributed by atoms with Crippen molar-refractivity contribution in [3.8, 4) is 0 Å². The minimum Gasteiger partial charge on any atom is -0.274 e. The van der Waals surface area contributed by atoms with Crippen molar-refractivity contribution >= 4 is 5.84 Å². The average molecular weight is 83.1 g/mol. The Labute approximate surface area is 36.6 Å². The number of nitrogens with two attached hydrogens (primary N) is 1. The van der Waals surface area contributed by atoms with Gasteiger partial charge in [-0.15, -0.1) is 0 Å². The van der Waals surface area contributed by atoms with Gasteiger partial charge < -0.3 is 0 Å². The minimum absolute atomic E-state index is 1.09. The second kappa shape index (κ2) is 1.22. The molecule has 0 saturated carbocycles. The van der Waals surface area contributed by atoms with Gasteiger partial charge in [-0.1, -0.05) is 0 Å². The van der Waals surface area contributed by atoms with Crippen LogP contribution in [-0.2, 0) is 0 Å². The summed E-state index contributed by atoms with van der Waals surface area (Å²) in [5.74, 6) is 1.09. The van der Waals surface area contributed by atoms with Crippen LogP contribution in [0.1, 0.15) is 6.92 Å².